The fourth-order valence-electron chi connectivity index (χ4n) is 2.95. The zero-order chi connectivity index (χ0) is 14.7. The molecule has 1 saturated carbocycles. The maximum absolute atomic E-state index is 12.2. The van der Waals surface area contributed by atoms with Gasteiger partial charge >= 0.3 is 0 Å². The number of nitrogen functional groups attached to an aromatic ring is 1. The van der Waals surface area contributed by atoms with Crippen molar-refractivity contribution in [1.82, 2.24) is 15.5 Å². The number of rotatable bonds is 4. The molecule has 5 nitrogen and oxygen atoms in total. The summed E-state index contributed by atoms with van der Waals surface area (Å²) in [6, 6.07) is 0.267. The fourth-order valence-corrected chi connectivity index (χ4v) is 2.95. The van der Waals surface area contributed by atoms with E-state index in [-0.39, 0.29) is 17.9 Å². The van der Waals surface area contributed by atoms with Crippen LogP contribution in [0, 0.1) is 5.92 Å². The quantitative estimate of drug-likeness (QED) is 0.791. The van der Waals surface area contributed by atoms with Gasteiger partial charge in [-0.1, -0.05) is 27.2 Å². The number of aromatic amines is 1. The van der Waals surface area contributed by atoms with Gasteiger partial charge in [0.1, 0.15) is 0 Å². The lowest BCUT2D eigenvalue weighted by Gasteiger charge is -2.28. The number of carbonyl (C=O) groups is 1. The third-order valence-corrected chi connectivity index (χ3v) is 4.39. The van der Waals surface area contributed by atoms with Crippen molar-refractivity contribution in [3.63, 3.8) is 0 Å². The first kappa shape index (κ1) is 14.9. The molecular formula is C15H26N4O. The van der Waals surface area contributed by atoms with Crippen molar-refractivity contribution in [2.45, 2.75) is 64.8 Å². The molecule has 5 heteroatoms. The molecular weight excluding hydrogens is 252 g/mol. The summed E-state index contributed by atoms with van der Waals surface area (Å²) in [4.78, 5) is 12.2. The lowest BCUT2D eigenvalue weighted by Crippen LogP contribution is -2.38. The van der Waals surface area contributed by atoms with E-state index in [0.29, 0.717) is 11.4 Å². The molecule has 1 fully saturated rings. The minimum atomic E-state index is -0.148. The molecule has 0 saturated heterocycles. The number of nitrogens with two attached hydrogens (primary N) is 1. The smallest absolute Gasteiger partial charge is 0.274 e. The van der Waals surface area contributed by atoms with Crippen LogP contribution in [0.1, 0.15) is 75.0 Å². The van der Waals surface area contributed by atoms with Gasteiger partial charge in [0.15, 0.2) is 5.69 Å². The number of carbonyl (C=O) groups excluding carboxylic acids is 1. The van der Waals surface area contributed by atoms with Gasteiger partial charge in [-0.15, -0.1) is 0 Å². The van der Waals surface area contributed by atoms with Crippen molar-refractivity contribution in [2.24, 2.45) is 5.92 Å². The topological polar surface area (TPSA) is 83.8 Å². The minimum Gasteiger partial charge on any atom is -0.395 e. The van der Waals surface area contributed by atoms with E-state index in [1.807, 2.05) is 13.8 Å². The molecule has 1 amide bonds. The Kier molecular flexibility index (Phi) is 4.68. The highest BCUT2D eigenvalue weighted by Gasteiger charge is 2.24. The maximum Gasteiger partial charge on any atom is 0.274 e. The average Bonchev–Trinajstić information content (AvgIpc) is 2.81. The molecule has 20 heavy (non-hydrogen) atoms. The van der Waals surface area contributed by atoms with Crippen LogP contribution in [0.25, 0.3) is 0 Å². The monoisotopic (exact) mass is 278 g/mol. The van der Waals surface area contributed by atoms with Crippen LogP contribution < -0.4 is 11.1 Å². The number of hydrogen-bond acceptors (Lipinski definition) is 3. The Morgan fingerprint density at radius 1 is 1.40 bits per heavy atom. The number of anilines is 1. The molecule has 4 N–H and O–H groups in total. The first-order valence-electron chi connectivity index (χ1n) is 7.67. The summed E-state index contributed by atoms with van der Waals surface area (Å²) in [5, 5.41) is 10.0. The van der Waals surface area contributed by atoms with Gasteiger partial charge in [0, 0.05) is 6.04 Å². The summed E-state index contributed by atoms with van der Waals surface area (Å²) >= 11 is 0. The predicted molar refractivity (Wildman–Crippen MR) is 80.6 cm³/mol. The van der Waals surface area contributed by atoms with Crippen molar-refractivity contribution >= 4 is 11.6 Å². The molecule has 0 bridgehead atoms. The standard InChI is InChI=1S/C15H26N4O/c1-4-10-5-7-11(8-6-10)17-15(20)14-12(16)13(9(2)3)18-19-14/h9-11H,4-8,16H2,1-3H3,(H,17,20)(H,18,19). The Morgan fingerprint density at radius 2 is 2.05 bits per heavy atom. The Bertz CT molecular complexity index is 458. The summed E-state index contributed by atoms with van der Waals surface area (Å²) < 4.78 is 0. The van der Waals surface area contributed by atoms with Gasteiger partial charge in [-0.05, 0) is 37.5 Å². The van der Waals surface area contributed by atoms with Crippen molar-refractivity contribution in [3.8, 4) is 0 Å². The Balaban J connectivity index is 1.96. The van der Waals surface area contributed by atoms with Gasteiger partial charge in [-0.2, -0.15) is 5.10 Å². The van der Waals surface area contributed by atoms with Crippen molar-refractivity contribution in [2.75, 3.05) is 5.73 Å². The van der Waals surface area contributed by atoms with Crippen LogP contribution in [-0.2, 0) is 0 Å². The summed E-state index contributed by atoms with van der Waals surface area (Å²) in [5.74, 6) is 0.917. The van der Waals surface area contributed by atoms with Gasteiger partial charge in [0.25, 0.3) is 5.91 Å². The van der Waals surface area contributed by atoms with E-state index >= 15 is 0 Å². The molecule has 2 rings (SSSR count). The molecule has 1 aromatic heterocycles. The van der Waals surface area contributed by atoms with Crippen LogP contribution in [0.5, 0.6) is 0 Å². The summed E-state index contributed by atoms with van der Waals surface area (Å²) in [7, 11) is 0. The number of hydrogen-bond donors (Lipinski definition) is 3. The third kappa shape index (κ3) is 3.14. The Labute approximate surface area is 120 Å². The summed E-state index contributed by atoms with van der Waals surface area (Å²) in [6.07, 6.45) is 5.77. The predicted octanol–water partition coefficient (Wildman–Crippen LogP) is 2.81. The molecule has 0 radical (unpaired) electrons. The molecule has 0 unspecified atom stereocenters. The molecule has 1 aromatic rings. The second-order valence-corrected chi connectivity index (χ2v) is 6.15. The van der Waals surface area contributed by atoms with Crippen LogP contribution in [0.2, 0.25) is 0 Å². The Morgan fingerprint density at radius 3 is 2.55 bits per heavy atom. The second kappa shape index (κ2) is 6.29. The minimum absolute atomic E-state index is 0.148. The van der Waals surface area contributed by atoms with Crippen LogP contribution >= 0.6 is 0 Å². The van der Waals surface area contributed by atoms with E-state index in [1.165, 1.54) is 19.3 Å². The van der Waals surface area contributed by atoms with Crippen LogP contribution in [0.3, 0.4) is 0 Å². The number of aromatic nitrogens is 2. The zero-order valence-corrected chi connectivity index (χ0v) is 12.7. The zero-order valence-electron chi connectivity index (χ0n) is 12.7. The first-order valence-corrected chi connectivity index (χ1v) is 7.67. The van der Waals surface area contributed by atoms with E-state index in [2.05, 4.69) is 22.4 Å². The van der Waals surface area contributed by atoms with E-state index in [4.69, 9.17) is 5.73 Å². The van der Waals surface area contributed by atoms with Crippen molar-refractivity contribution in [3.05, 3.63) is 11.4 Å². The van der Waals surface area contributed by atoms with Gasteiger partial charge in [-0.25, -0.2) is 0 Å². The van der Waals surface area contributed by atoms with Gasteiger partial charge < -0.3 is 11.1 Å². The highest BCUT2D eigenvalue weighted by Crippen LogP contribution is 2.27. The second-order valence-electron chi connectivity index (χ2n) is 6.15. The van der Waals surface area contributed by atoms with Crippen LogP contribution in [-0.4, -0.2) is 22.1 Å². The fraction of sp³-hybridized carbons (Fsp3) is 0.733. The van der Waals surface area contributed by atoms with E-state index in [1.54, 1.807) is 0 Å². The molecule has 112 valence electrons. The van der Waals surface area contributed by atoms with E-state index < -0.39 is 0 Å². The highest BCUT2D eigenvalue weighted by molar-refractivity contribution is 5.97. The molecule has 1 aliphatic rings. The number of amides is 1. The number of nitrogens with one attached hydrogen (secondary N) is 2. The maximum atomic E-state index is 12.2. The lowest BCUT2D eigenvalue weighted by atomic mass is 9.84. The molecule has 1 aliphatic carbocycles. The SMILES string of the molecule is CCC1CCC(NC(=O)c2n[nH]c(C(C)C)c2N)CC1. The molecule has 0 aromatic carbocycles. The van der Waals surface area contributed by atoms with Gasteiger partial charge in [0.2, 0.25) is 0 Å². The molecule has 1 heterocycles. The summed E-state index contributed by atoms with van der Waals surface area (Å²) in [5.41, 5.74) is 7.66. The first-order chi connectivity index (χ1) is 9.52. The van der Waals surface area contributed by atoms with Crippen LogP contribution in [0.4, 0.5) is 5.69 Å². The number of H-pyrrole nitrogens is 1. The lowest BCUT2D eigenvalue weighted by molar-refractivity contribution is 0.0917. The largest absolute Gasteiger partial charge is 0.395 e. The van der Waals surface area contributed by atoms with Crippen molar-refractivity contribution < 1.29 is 4.79 Å². The molecule has 0 atom stereocenters. The van der Waals surface area contributed by atoms with E-state index in [0.717, 1.165) is 24.5 Å². The van der Waals surface area contributed by atoms with Crippen LogP contribution in [0.15, 0.2) is 0 Å². The Hall–Kier alpha value is -1.52. The number of nitrogens with zero attached hydrogens (tertiary/aromatic N) is 1. The normalized spacial score (nSPS) is 23.0. The third-order valence-electron chi connectivity index (χ3n) is 4.39. The average molecular weight is 278 g/mol. The molecule has 0 aliphatic heterocycles. The molecule has 0 spiro atoms. The van der Waals surface area contributed by atoms with Gasteiger partial charge in [0.05, 0.1) is 11.4 Å². The highest BCUT2D eigenvalue weighted by atomic mass is 16.2. The van der Waals surface area contributed by atoms with E-state index in [9.17, 15) is 4.79 Å². The summed E-state index contributed by atoms with van der Waals surface area (Å²) in [6.45, 7) is 6.29. The van der Waals surface area contributed by atoms with Crippen molar-refractivity contribution in [1.29, 1.82) is 0 Å². The van der Waals surface area contributed by atoms with Gasteiger partial charge in [-0.3, -0.25) is 9.89 Å².